The van der Waals surface area contributed by atoms with E-state index in [-0.39, 0.29) is 0 Å². The number of nitrogens with zero attached hydrogens (tertiary/aromatic N) is 5. The molecule has 0 radical (unpaired) electrons. The van der Waals surface area contributed by atoms with Crippen LogP contribution >= 0.6 is 12.2 Å². The lowest BCUT2D eigenvalue weighted by molar-refractivity contribution is 0.481. The predicted molar refractivity (Wildman–Crippen MR) is 163 cm³/mol. The maximum Gasteiger partial charge on any atom is 0.232 e. The highest BCUT2D eigenvalue weighted by atomic mass is 32.1. The predicted octanol–water partition coefficient (Wildman–Crippen LogP) is 5.10. The van der Waals surface area contributed by atoms with E-state index in [1.54, 1.807) is 0 Å². The van der Waals surface area contributed by atoms with Crippen LogP contribution in [0.2, 0.25) is 0 Å². The fraction of sp³-hybridized carbons (Fsp3) is 0.433. The fourth-order valence-corrected chi connectivity index (χ4v) is 5.54. The third-order valence-electron chi connectivity index (χ3n) is 7.52. The second-order valence-electron chi connectivity index (χ2n) is 10.2. The Balaban J connectivity index is 1.25. The van der Waals surface area contributed by atoms with Gasteiger partial charge in [-0.15, -0.1) is 0 Å². The monoisotopic (exact) mass is 529 g/mol. The highest BCUT2D eigenvalue weighted by Gasteiger charge is 2.24. The number of aryl methyl sites for hydroxylation is 1. The first-order valence-corrected chi connectivity index (χ1v) is 14.4. The quantitative estimate of drug-likeness (QED) is 0.309. The van der Waals surface area contributed by atoms with Crippen LogP contribution in [0, 0.1) is 0 Å². The number of hydrogen-bond acceptors (Lipinski definition) is 6. The van der Waals surface area contributed by atoms with Gasteiger partial charge in [-0.1, -0.05) is 48.5 Å². The Bertz CT molecular complexity index is 1170. The minimum absolute atomic E-state index is 0.470. The molecule has 200 valence electrons. The molecule has 0 bridgehead atoms. The SMILES string of the molecule is C[C@@H]1CCCCN1c1cc(N2CCN(c3ccccc3)CC2)nc(NC(=S)NCCCc2ccccc2)n1. The molecule has 2 saturated heterocycles. The molecule has 0 saturated carbocycles. The molecule has 5 rings (SSSR count). The van der Waals surface area contributed by atoms with E-state index in [9.17, 15) is 0 Å². The van der Waals surface area contributed by atoms with Gasteiger partial charge in [-0.25, -0.2) is 0 Å². The van der Waals surface area contributed by atoms with Crippen LogP contribution in [-0.4, -0.2) is 60.4 Å². The summed E-state index contributed by atoms with van der Waals surface area (Å²) in [5, 5.41) is 7.19. The van der Waals surface area contributed by atoms with Crippen molar-refractivity contribution in [2.75, 3.05) is 59.3 Å². The minimum Gasteiger partial charge on any atom is -0.368 e. The number of para-hydroxylation sites is 1. The third kappa shape index (κ3) is 6.92. The van der Waals surface area contributed by atoms with E-state index in [0.29, 0.717) is 17.1 Å². The first-order chi connectivity index (χ1) is 18.7. The molecule has 3 heterocycles. The number of piperidine rings is 1. The summed E-state index contributed by atoms with van der Waals surface area (Å²) in [4.78, 5) is 17.1. The van der Waals surface area contributed by atoms with Gasteiger partial charge in [-0.3, -0.25) is 0 Å². The molecule has 1 atom stereocenters. The number of nitrogens with one attached hydrogen (secondary N) is 2. The molecule has 2 fully saturated rings. The topological polar surface area (TPSA) is 59.6 Å². The maximum atomic E-state index is 5.62. The van der Waals surface area contributed by atoms with E-state index in [2.05, 4.69) is 99.0 Å². The molecule has 38 heavy (non-hydrogen) atoms. The van der Waals surface area contributed by atoms with Crippen LogP contribution < -0.4 is 25.3 Å². The highest BCUT2D eigenvalue weighted by molar-refractivity contribution is 7.80. The van der Waals surface area contributed by atoms with Crippen molar-refractivity contribution in [2.24, 2.45) is 0 Å². The molecule has 2 N–H and O–H groups in total. The number of aromatic nitrogens is 2. The van der Waals surface area contributed by atoms with Gasteiger partial charge in [0.2, 0.25) is 5.95 Å². The molecule has 3 aromatic rings. The van der Waals surface area contributed by atoms with Gasteiger partial charge in [0.25, 0.3) is 0 Å². The summed E-state index contributed by atoms with van der Waals surface area (Å²) in [6.07, 6.45) is 5.70. The van der Waals surface area contributed by atoms with Crippen LogP contribution in [0.15, 0.2) is 66.7 Å². The number of rotatable bonds is 8. The molecule has 2 aromatic carbocycles. The maximum absolute atomic E-state index is 5.62. The highest BCUT2D eigenvalue weighted by Crippen LogP contribution is 2.28. The van der Waals surface area contributed by atoms with E-state index in [0.717, 1.165) is 63.7 Å². The van der Waals surface area contributed by atoms with Crippen molar-refractivity contribution in [3.8, 4) is 0 Å². The van der Waals surface area contributed by atoms with Crippen LogP contribution in [0.5, 0.6) is 0 Å². The van der Waals surface area contributed by atoms with Gasteiger partial charge in [0.1, 0.15) is 11.6 Å². The van der Waals surface area contributed by atoms with Gasteiger partial charge in [0.15, 0.2) is 5.11 Å². The van der Waals surface area contributed by atoms with Gasteiger partial charge in [0.05, 0.1) is 0 Å². The van der Waals surface area contributed by atoms with Crippen LogP contribution in [0.1, 0.15) is 38.2 Å². The van der Waals surface area contributed by atoms with Crippen molar-refractivity contribution in [3.05, 3.63) is 72.3 Å². The van der Waals surface area contributed by atoms with Crippen molar-refractivity contribution >= 4 is 40.6 Å². The lowest BCUT2D eigenvalue weighted by Crippen LogP contribution is -2.47. The van der Waals surface area contributed by atoms with Gasteiger partial charge in [-0.05, 0) is 68.9 Å². The number of hydrogen-bond donors (Lipinski definition) is 2. The van der Waals surface area contributed by atoms with Crippen molar-refractivity contribution in [3.63, 3.8) is 0 Å². The van der Waals surface area contributed by atoms with Gasteiger partial charge < -0.3 is 25.3 Å². The zero-order valence-electron chi connectivity index (χ0n) is 22.4. The number of piperazine rings is 1. The first-order valence-electron chi connectivity index (χ1n) is 14.0. The summed E-state index contributed by atoms with van der Waals surface area (Å²) in [6, 6.07) is 23.8. The summed E-state index contributed by atoms with van der Waals surface area (Å²) in [6.45, 7) is 7.90. The molecule has 0 unspecified atom stereocenters. The normalized spacial score (nSPS) is 17.8. The van der Waals surface area contributed by atoms with E-state index in [4.69, 9.17) is 22.2 Å². The van der Waals surface area contributed by atoms with Crippen molar-refractivity contribution in [2.45, 2.75) is 45.1 Å². The second kappa shape index (κ2) is 12.9. The second-order valence-corrected chi connectivity index (χ2v) is 10.6. The molecule has 2 aliphatic heterocycles. The van der Waals surface area contributed by atoms with Gasteiger partial charge >= 0.3 is 0 Å². The summed E-state index contributed by atoms with van der Waals surface area (Å²) in [7, 11) is 0. The van der Waals surface area contributed by atoms with E-state index >= 15 is 0 Å². The molecule has 0 spiro atoms. The number of anilines is 4. The zero-order valence-corrected chi connectivity index (χ0v) is 23.2. The fourth-order valence-electron chi connectivity index (χ4n) is 5.34. The lowest BCUT2D eigenvalue weighted by Gasteiger charge is -2.38. The number of benzene rings is 2. The zero-order chi connectivity index (χ0) is 26.2. The average Bonchev–Trinajstić information content (AvgIpc) is 2.96. The largest absolute Gasteiger partial charge is 0.368 e. The van der Waals surface area contributed by atoms with E-state index in [1.807, 2.05) is 0 Å². The van der Waals surface area contributed by atoms with Crippen molar-refractivity contribution in [1.82, 2.24) is 15.3 Å². The van der Waals surface area contributed by atoms with Crippen LogP contribution in [0.3, 0.4) is 0 Å². The Morgan fingerprint density at radius 1 is 0.868 bits per heavy atom. The Kier molecular flexibility index (Phi) is 8.91. The summed E-state index contributed by atoms with van der Waals surface area (Å²) in [5.41, 5.74) is 2.63. The van der Waals surface area contributed by atoms with Crippen LogP contribution in [0.4, 0.5) is 23.3 Å². The molecular weight excluding hydrogens is 490 g/mol. The van der Waals surface area contributed by atoms with Gasteiger partial charge in [0, 0.05) is 57.1 Å². The molecule has 7 nitrogen and oxygen atoms in total. The Hall–Kier alpha value is -3.39. The minimum atomic E-state index is 0.470. The summed E-state index contributed by atoms with van der Waals surface area (Å²) in [5.74, 6) is 2.53. The van der Waals surface area contributed by atoms with Crippen LogP contribution in [0.25, 0.3) is 0 Å². The van der Waals surface area contributed by atoms with E-state index < -0.39 is 0 Å². The van der Waals surface area contributed by atoms with E-state index in [1.165, 1.54) is 30.5 Å². The Morgan fingerprint density at radius 2 is 1.55 bits per heavy atom. The summed E-state index contributed by atoms with van der Waals surface area (Å²) < 4.78 is 0. The Labute approximate surface area is 232 Å². The average molecular weight is 530 g/mol. The molecule has 2 aliphatic rings. The van der Waals surface area contributed by atoms with Gasteiger partial charge in [-0.2, -0.15) is 9.97 Å². The number of thiocarbonyl (C=S) groups is 1. The first kappa shape index (κ1) is 26.2. The molecule has 0 amide bonds. The molecule has 1 aromatic heterocycles. The van der Waals surface area contributed by atoms with Crippen molar-refractivity contribution < 1.29 is 0 Å². The Morgan fingerprint density at radius 3 is 2.29 bits per heavy atom. The van der Waals surface area contributed by atoms with Crippen LogP contribution in [-0.2, 0) is 6.42 Å². The lowest BCUT2D eigenvalue weighted by atomic mass is 10.0. The summed E-state index contributed by atoms with van der Waals surface area (Å²) >= 11 is 5.62. The van der Waals surface area contributed by atoms with Crippen molar-refractivity contribution in [1.29, 1.82) is 0 Å². The molecule has 8 heteroatoms. The third-order valence-corrected chi connectivity index (χ3v) is 7.76. The standard InChI is InChI=1S/C30H39N7S/c1-24-11-8-9-18-37(24)28-23-27(36-21-19-35(20-22-36)26-15-6-3-7-16-26)32-29(33-28)34-30(38)31-17-10-14-25-12-4-2-5-13-25/h2-7,12-13,15-16,23-24H,8-11,14,17-22H2,1H3,(H2,31,32,33,34,38)/t24-/m1/s1. The molecular formula is C30H39N7S. The smallest absolute Gasteiger partial charge is 0.232 e. The molecule has 0 aliphatic carbocycles.